The number of anilines is 1. The van der Waals surface area contributed by atoms with E-state index in [2.05, 4.69) is 15.5 Å². The first-order chi connectivity index (χ1) is 15.7. The molecule has 2 heterocycles. The Kier molecular flexibility index (Phi) is 6.21. The summed E-state index contributed by atoms with van der Waals surface area (Å²) in [4.78, 5) is 11.8. The van der Waals surface area contributed by atoms with Gasteiger partial charge in [-0.2, -0.15) is 17.5 Å². The molecule has 1 N–H and O–H groups in total. The molecule has 0 radical (unpaired) electrons. The number of carbonyl (C=O) groups excluding carboxylic acids is 1. The monoisotopic (exact) mass is 480 g/mol. The van der Waals surface area contributed by atoms with Gasteiger partial charge < -0.3 is 4.42 Å². The number of alkyl halides is 3. The van der Waals surface area contributed by atoms with Gasteiger partial charge in [0.1, 0.15) is 0 Å². The lowest BCUT2D eigenvalue weighted by atomic mass is 9.97. The van der Waals surface area contributed by atoms with Crippen molar-refractivity contribution < 1.29 is 30.8 Å². The predicted molar refractivity (Wildman–Crippen MR) is 111 cm³/mol. The van der Waals surface area contributed by atoms with E-state index in [9.17, 15) is 26.4 Å². The van der Waals surface area contributed by atoms with Crippen molar-refractivity contribution in [1.29, 1.82) is 0 Å². The first-order valence-corrected chi connectivity index (χ1v) is 11.5. The van der Waals surface area contributed by atoms with E-state index in [4.69, 9.17) is 4.42 Å². The summed E-state index contributed by atoms with van der Waals surface area (Å²) in [6, 6.07) is 12.9. The average Bonchev–Trinajstić information content (AvgIpc) is 3.27. The minimum atomic E-state index is -4.80. The summed E-state index contributed by atoms with van der Waals surface area (Å²) in [6.07, 6.45) is -4.53. The number of hydrogen-bond acceptors (Lipinski definition) is 6. The Bertz CT molecular complexity index is 1240. The third kappa shape index (κ3) is 4.91. The van der Waals surface area contributed by atoms with Gasteiger partial charge in [-0.25, -0.2) is 8.42 Å². The molecule has 3 aromatic rings. The number of nitrogens with one attached hydrogen (secondary N) is 1. The van der Waals surface area contributed by atoms with E-state index in [1.165, 1.54) is 6.07 Å². The average molecular weight is 480 g/mol. The molecule has 0 unspecified atom stereocenters. The molecule has 0 atom stereocenters. The summed E-state index contributed by atoms with van der Waals surface area (Å²) in [5.74, 6) is -0.748. The number of halogens is 3. The zero-order valence-corrected chi connectivity index (χ0v) is 17.9. The van der Waals surface area contributed by atoms with Crippen LogP contribution in [-0.4, -0.2) is 41.9 Å². The van der Waals surface area contributed by atoms with Crippen molar-refractivity contribution >= 4 is 21.9 Å². The van der Waals surface area contributed by atoms with E-state index >= 15 is 0 Å². The van der Waals surface area contributed by atoms with E-state index in [0.29, 0.717) is 5.56 Å². The van der Waals surface area contributed by atoms with Crippen LogP contribution in [0, 0.1) is 5.92 Å². The molecule has 2 aromatic carbocycles. The fourth-order valence-electron chi connectivity index (χ4n) is 3.60. The second-order valence-electron chi connectivity index (χ2n) is 7.44. The van der Waals surface area contributed by atoms with E-state index in [1.54, 1.807) is 24.3 Å². The Morgan fingerprint density at radius 1 is 1.00 bits per heavy atom. The third-order valence-electron chi connectivity index (χ3n) is 5.31. The molecule has 0 spiro atoms. The number of rotatable bonds is 5. The summed E-state index contributed by atoms with van der Waals surface area (Å²) in [7, 11) is -4.37. The van der Waals surface area contributed by atoms with Crippen LogP contribution in [0.4, 0.5) is 19.2 Å². The van der Waals surface area contributed by atoms with Crippen molar-refractivity contribution in [3.8, 4) is 11.5 Å². The van der Waals surface area contributed by atoms with Gasteiger partial charge in [0.25, 0.3) is 0 Å². The molecule has 1 saturated heterocycles. The molecule has 4 rings (SSSR count). The molecule has 0 aliphatic carbocycles. The lowest BCUT2D eigenvalue weighted by Gasteiger charge is -2.30. The number of aromatic nitrogens is 2. The van der Waals surface area contributed by atoms with E-state index < -0.39 is 38.5 Å². The van der Waals surface area contributed by atoms with Crippen LogP contribution in [0.25, 0.3) is 11.5 Å². The molecule has 1 fully saturated rings. The van der Waals surface area contributed by atoms with Gasteiger partial charge in [0.05, 0.1) is 10.5 Å². The Balaban J connectivity index is 1.40. The molecule has 0 saturated carbocycles. The molecular weight excluding hydrogens is 461 g/mol. The number of piperidine rings is 1. The van der Waals surface area contributed by atoms with Gasteiger partial charge in [0, 0.05) is 24.6 Å². The fraction of sp³-hybridized carbons (Fsp3) is 0.286. The van der Waals surface area contributed by atoms with Gasteiger partial charge in [0.15, 0.2) is 0 Å². The standard InChI is InChI=1S/C21H19F3N4O4S/c22-21(23,24)16-8-4-5-9-17(16)33(30,31)28-12-10-14(11-13-28)18(29)25-20-27-26-19(32-20)15-6-2-1-3-7-15/h1-9,14H,10-13H2,(H,25,27,29). The van der Waals surface area contributed by atoms with E-state index in [1.807, 2.05) is 6.07 Å². The number of nitrogens with zero attached hydrogens (tertiary/aromatic N) is 3. The summed E-state index contributed by atoms with van der Waals surface area (Å²) in [5, 5.41) is 10.2. The molecule has 174 valence electrons. The van der Waals surface area contributed by atoms with Gasteiger partial charge in [-0.3, -0.25) is 10.1 Å². The Morgan fingerprint density at radius 3 is 2.30 bits per heavy atom. The SMILES string of the molecule is O=C(Nc1nnc(-c2ccccc2)o1)C1CCN(S(=O)(=O)c2ccccc2C(F)(F)F)CC1. The second-order valence-corrected chi connectivity index (χ2v) is 9.35. The fourth-order valence-corrected chi connectivity index (χ4v) is 5.28. The van der Waals surface area contributed by atoms with Crippen molar-refractivity contribution in [2.45, 2.75) is 23.9 Å². The predicted octanol–water partition coefficient (Wildman–Crippen LogP) is 3.79. The Morgan fingerprint density at radius 2 is 1.64 bits per heavy atom. The van der Waals surface area contributed by atoms with Crippen molar-refractivity contribution in [1.82, 2.24) is 14.5 Å². The summed E-state index contributed by atoms with van der Waals surface area (Å²) in [6.45, 7) is -0.183. The lowest BCUT2D eigenvalue weighted by molar-refractivity contribution is -0.139. The quantitative estimate of drug-likeness (QED) is 0.596. The van der Waals surface area contributed by atoms with Gasteiger partial charge in [-0.05, 0) is 37.1 Å². The van der Waals surface area contributed by atoms with Crippen LogP contribution in [0.1, 0.15) is 18.4 Å². The Labute approximate surface area is 187 Å². The number of benzene rings is 2. The maximum atomic E-state index is 13.3. The van der Waals surface area contributed by atoms with Crippen LogP contribution in [0.5, 0.6) is 0 Å². The maximum Gasteiger partial charge on any atom is 0.417 e. The highest BCUT2D eigenvalue weighted by molar-refractivity contribution is 7.89. The largest absolute Gasteiger partial charge is 0.417 e. The molecule has 1 aliphatic rings. The highest BCUT2D eigenvalue weighted by atomic mass is 32.2. The lowest BCUT2D eigenvalue weighted by Crippen LogP contribution is -2.41. The van der Waals surface area contributed by atoms with Crippen LogP contribution in [-0.2, 0) is 21.0 Å². The molecule has 33 heavy (non-hydrogen) atoms. The number of sulfonamides is 1. The zero-order valence-electron chi connectivity index (χ0n) is 17.1. The van der Waals surface area contributed by atoms with Crippen LogP contribution >= 0.6 is 0 Å². The van der Waals surface area contributed by atoms with Crippen LogP contribution in [0.3, 0.4) is 0 Å². The minimum absolute atomic E-state index is 0.0898. The number of carbonyl (C=O) groups is 1. The molecule has 0 bridgehead atoms. The third-order valence-corrected chi connectivity index (χ3v) is 7.27. The van der Waals surface area contributed by atoms with E-state index in [-0.39, 0.29) is 37.8 Å². The van der Waals surface area contributed by atoms with Gasteiger partial charge in [-0.1, -0.05) is 35.4 Å². The molecule has 1 aromatic heterocycles. The number of hydrogen-bond donors (Lipinski definition) is 1. The maximum absolute atomic E-state index is 13.3. The van der Waals surface area contributed by atoms with Gasteiger partial charge in [0.2, 0.25) is 21.8 Å². The highest BCUT2D eigenvalue weighted by Gasteiger charge is 2.40. The molecule has 1 aliphatic heterocycles. The Hall–Kier alpha value is -3.25. The van der Waals surface area contributed by atoms with Crippen molar-refractivity contribution in [3.63, 3.8) is 0 Å². The molecule has 12 heteroatoms. The van der Waals surface area contributed by atoms with Crippen LogP contribution in [0.15, 0.2) is 63.9 Å². The summed E-state index contributed by atoms with van der Waals surface area (Å²) < 4.78 is 71.9. The van der Waals surface area contributed by atoms with Crippen molar-refractivity contribution in [2.24, 2.45) is 5.92 Å². The number of amides is 1. The van der Waals surface area contributed by atoms with Crippen LogP contribution < -0.4 is 5.32 Å². The van der Waals surface area contributed by atoms with E-state index in [0.717, 1.165) is 22.5 Å². The topological polar surface area (TPSA) is 105 Å². The highest BCUT2D eigenvalue weighted by Crippen LogP contribution is 2.36. The van der Waals surface area contributed by atoms with Crippen molar-refractivity contribution in [3.05, 3.63) is 60.2 Å². The van der Waals surface area contributed by atoms with Crippen molar-refractivity contribution in [2.75, 3.05) is 18.4 Å². The molecular formula is C21H19F3N4O4S. The summed E-state index contributed by atoms with van der Waals surface area (Å²) in [5.41, 5.74) is -0.529. The van der Waals surface area contributed by atoms with Gasteiger partial charge >= 0.3 is 12.2 Å². The van der Waals surface area contributed by atoms with Crippen LogP contribution in [0.2, 0.25) is 0 Å². The first kappa shape index (κ1) is 22.9. The zero-order chi connectivity index (χ0) is 23.6. The molecule has 1 amide bonds. The summed E-state index contributed by atoms with van der Waals surface area (Å²) >= 11 is 0. The minimum Gasteiger partial charge on any atom is -0.403 e. The second kappa shape index (κ2) is 8.94. The van der Waals surface area contributed by atoms with Gasteiger partial charge in [-0.15, -0.1) is 5.10 Å². The molecule has 8 nitrogen and oxygen atoms in total. The first-order valence-electron chi connectivity index (χ1n) is 10.0. The normalized spacial score (nSPS) is 16.0. The smallest absolute Gasteiger partial charge is 0.403 e.